The summed E-state index contributed by atoms with van der Waals surface area (Å²) in [6, 6.07) is 5.09. The highest BCUT2D eigenvalue weighted by Gasteiger charge is 2.28. The van der Waals surface area contributed by atoms with Crippen LogP contribution in [0, 0.1) is 5.92 Å². The summed E-state index contributed by atoms with van der Waals surface area (Å²) in [5, 5.41) is 9.81. The average molecular weight is 241 g/mol. The van der Waals surface area contributed by atoms with E-state index in [0.717, 1.165) is 18.7 Å². The lowest BCUT2D eigenvalue weighted by Crippen LogP contribution is -2.27. The summed E-state index contributed by atoms with van der Waals surface area (Å²) in [6.07, 6.45) is 0.737. The van der Waals surface area contributed by atoms with Crippen molar-refractivity contribution in [2.75, 3.05) is 18.0 Å². The van der Waals surface area contributed by atoms with Gasteiger partial charge in [-0.05, 0) is 18.6 Å². The minimum atomic E-state index is -0.279. The number of amides is 1. The molecular formula is C11H13ClN2O2. The van der Waals surface area contributed by atoms with E-state index in [1.165, 1.54) is 6.07 Å². The summed E-state index contributed by atoms with van der Waals surface area (Å²) in [5.74, 6) is -0.348. The predicted octanol–water partition coefficient (Wildman–Crippen LogP) is 1.36. The van der Waals surface area contributed by atoms with Gasteiger partial charge in [0.05, 0.1) is 11.6 Å². The van der Waals surface area contributed by atoms with E-state index in [2.05, 4.69) is 0 Å². The molecule has 0 saturated carbocycles. The third-order valence-electron chi connectivity index (χ3n) is 2.89. The zero-order chi connectivity index (χ0) is 11.7. The third kappa shape index (κ3) is 1.93. The standard InChI is InChI=1S/C11H13ClN2O2/c12-10-8(2-1-3-9(10)15)14-5-4-7(6-14)11(13)16/h1-3,7,15H,4-6H2,(H2,13,16)/t7-/m1/s1. The van der Waals surface area contributed by atoms with Crippen LogP contribution in [0.15, 0.2) is 18.2 Å². The van der Waals surface area contributed by atoms with Gasteiger partial charge in [0.2, 0.25) is 5.91 Å². The Morgan fingerprint density at radius 3 is 2.94 bits per heavy atom. The molecule has 0 aromatic heterocycles. The van der Waals surface area contributed by atoms with Crippen LogP contribution in [0.4, 0.5) is 5.69 Å². The van der Waals surface area contributed by atoms with E-state index in [4.69, 9.17) is 17.3 Å². The molecule has 3 N–H and O–H groups in total. The molecule has 0 unspecified atom stereocenters. The van der Waals surface area contributed by atoms with E-state index < -0.39 is 0 Å². The summed E-state index contributed by atoms with van der Waals surface area (Å²) in [6.45, 7) is 1.30. The summed E-state index contributed by atoms with van der Waals surface area (Å²) in [7, 11) is 0. The molecular weight excluding hydrogens is 228 g/mol. The second kappa shape index (κ2) is 4.22. The fourth-order valence-corrected chi connectivity index (χ4v) is 2.21. The number of primary amides is 1. The monoisotopic (exact) mass is 240 g/mol. The molecule has 2 rings (SSSR count). The Morgan fingerprint density at radius 2 is 2.31 bits per heavy atom. The molecule has 16 heavy (non-hydrogen) atoms. The molecule has 86 valence electrons. The number of carbonyl (C=O) groups excluding carboxylic acids is 1. The zero-order valence-electron chi connectivity index (χ0n) is 8.69. The molecule has 1 aromatic carbocycles. The van der Waals surface area contributed by atoms with E-state index in [1.807, 2.05) is 11.0 Å². The van der Waals surface area contributed by atoms with Gasteiger partial charge in [0, 0.05) is 13.1 Å². The van der Waals surface area contributed by atoms with Crippen LogP contribution in [0.3, 0.4) is 0 Å². The maximum atomic E-state index is 11.0. The zero-order valence-corrected chi connectivity index (χ0v) is 9.44. The first-order chi connectivity index (χ1) is 7.59. The highest BCUT2D eigenvalue weighted by atomic mass is 35.5. The van der Waals surface area contributed by atoms with Crippen molar-refractivity contribution in [1.29, 1.82) is 0 Å². The van der Waals surface area contributed by atoms with E-state index in [1.54, 1.807) is 6.07 Å². The Hall–Kier alpha value is -1.42. The molecule has 5 heteroatoms. The molecule has 1 aliphatic heterocycles. The maximum absolute atomic E-state index is 11.0. The number of carbonyl (C=O) groups is 1. The first-order valence-corrected chi connectivity index (χ1v) is 5.49. The number of rotatable bonds is 2. The quantitative estimate of drug-likeness (QED) is 0.820. The number of nitrogens with zero attached hydrogens (tertiary/aromatic N) is 1. The van der Waals surface area contributed by atoms with E-state index in [-0.39, 0.29) is 17.6 Å². The molecule has 1 aliphatic rings. The van der Waals surface area contributed by atoms with Crippen molar-refractivity contribution in [1.82, 2.24) is 0 Å². The fourth-order valence-electron chi connectivity index (χ4n) is 1.96. The molecule has 0 bridgehead atoms. The normalized spacial score (nSPS) is 20.1. The highest BCUT2D eigenvalue weighted by Crippen LogP contribution is 2.35. The van der Waals surface area contributed by atoms with Crippen molar-refractivity contribution >= 4 is 23.2 Å². The molecule has 1 fully saturated rings. The van der Waals surface area contributed by atoms with Gasteiger partial charge in [-0.15, -0.1) is 0 Å². The number of benzene rings is 1. The van der Waals surface area contributed by atoms with Gasteiger partial charge in [-0.3, -0.25) is 4.79 Å². The second-order valence-electron chi connectivity index (χ2n) is 3.94. The van der Waals surface area contributed by atoms with Gasteiger partial charge in [0.1, 0.15) is 10.8 Å². The van der Waals surface area contributed by atoms with Crippen LogP contribution in [-0.4, -0.2) is 24.1 Å². The topological polar surface area (TPSA) is 66.6 Å². The van der Waals surface area contributed by atoms with Crippen LogP contribution >= 0.6 is 11.6 Å². The van der Waals surface area contributed by atoms with Gasteiger partial charge in [-0.25, -0.2) is 0 Å². The van der Waals surface area contributed by atoms with Crippen molar-refractivity contribution in [2.45, 2.75) is 6.42 Å². The van der Waals surface area contributed by atoms with E-state index >= 15 is 0 Å². The number of nitrogens with two attached hydrogens (primary N) is 1. The van der Waals surface area contributed by atoms with Crippen LogP contribution in [-0.2, 0) is 4.79 Å². The number of phenolic OH excluding ortho intramolecular Hbond substituents is 1. The molecule has 0 radical (unpaired) electrons. The van der Waals surface area contributed by atoms with Crippen molar-refractivity contribution < 1.29 is 9.90 Å². The minimum absolute atomic E-state index is 0.0571. The minimum Gasteiger partial charge on any atom is -0.506 e. The van der Waals surface area contributed by atoms with Gasteiger partial charge in [0.25, 0.3) is 0 Å². The lowest BCUT2D eigenvalue weighted by molar-refractivity contribution is -0.121. The van der Waals surface area contributed by atoms with E-state index in [0.29, 0.717) is 11.6 Å². The molecule has 1 amide bonds. The number of anilines is 1. The van der Waals surface area contributed by atoms with Crippen LogP contribution in [0.2, 0.25) is 5.02 Å². The summed E-state index contributed by atoms with van der Waals surface area (Å²) >= 11 is 5.99. The summed E-state index contributed by atoms with van der Waals surface area (Å²) in [4.78, 5) is 13.0. The van der Waals surface area contributed by atoms with Gasteiger partial charge < -0.3 is 15.7 Å². The SMILES string of the molecule is NC(=O)[C@@H]1CCN(c2cccc(O)c2Cl)C1. The van der Waals surface area contributed by atoms with E-state index in [9.17, 15) is 9.90 Å². The Labute approximate surface area is 98.6 Å². The van der Waals surface area contributed by atoms with Gasteiger partial charge in [-0.2, -0.15) is 0 Å². The van der Waals surface area contributed by atoms with Crippen LogP contribution in [0.1, 0.15) is 6.42 Å². The van der Waals surface area contributed by atoms with Crippen LogP contribution < -0.4 is 10.6 Å². The van der Waals surface area contributed by atoms with Crippen molar-refractivity contribution in [2.24, 2.45) is 11.7 Å². The molecule has 0 spiro atoms. The van der Waals surface area contributed by atoms with Crippen LogP contribution in [0.25, 0.3) is 0 Å². The second-order valence-corrected chi connectivity index (χ2v) is 4.32. The van der Waals surface area contributed by atoms with Crippen molar-refractivity contribution in [3.05, 3.63) is 23.2 Å². The lowest BCUT2D eigenvalue weighted by atomic mass is 10.1. The third-order valence-corrected chi connectivity index (χ3v) is 3.28. The van der Waals surface area contributed by atoms with Crippen molar-refractivity contribution in [3.8, 4) is 5.75 Å². The maximum Gasteiger partial charge on any atom is 0.222 e. The molecule has 1 heterocycles. The molecule has 4 nitrogen and oxygen atoms in total. The number of hydrogen-bond acceptors (Lipinski definition) is 3. The Kier molecular flexibility index (Phi) is 2.92. The fraction of sp³-hybridized carbons (Fsp3) is 0.364. The lowest BCUT2D eigenvalue weighted by Gasteiger charge is -2.19. The van der Waals surface area contributed by atoms with Gasteiger partial charge >= 0.3 is 0 Å². The first kappa shape index (κ1) is 11.1. The number of aromatic hydroxyl groups is 1. The molecule has 0 aliphatic carbocycles. The highest BCUT2D eigenvalue weighted by molar-refractivity contribution is 6.34. The predicted molar refractivity (Wildman–Crippen MR) is 62.6 cm³/mol. The Balaban J connectivity index is 2.21. The average Bonchev–Trinajstić information content (AvgIpc) is 2.71. The van der Waals surface area contributed by atoms with Crippen LogP contribution in [0.5, 0.6) is 5.75 Å². The molecule has 1 saturated heterocycles. The number of hydrogen-bond donors (Lipinski definition) is 2. The number of halogens is 1. The number of phenols is 1. The Morgan fingerprint density at radius 1 is 1.56 bits per heavy atom. The Bertz CT molecular complexity index is 422. The molecule has 1 aromatic rings. The molecule has 1 atom stereocenters. The smallest absolute Gasteiger partial charge is 0.222 e. The first-order valence-electron chi connectivity index (χ1n) is 5.11. The van der Waals surface area contributed by atoms with Gasteiger partial charge in [-0.1, -0.05) is 17.7 Å². The summed E-state index contributed by atoms with van der Waals surface area (Å²) < 4.78 is 0. The largest absolute Gasteiger partial charge is 0.506 e. The van der Waals surface area contributed by atoms with Crippen molar-refractivity contribution in [3.63, 3.8) is 0 Å². The summed E-state index contributed by atoms with van der Waals surface area (Å²) in [5.41, 5.74) is 6.01. The van der Waals surface area contributed by atoms with Gasteiger partial charge in [0.15, 0.2) is 0 Å².